The first-order valence-electron chi connectivity index (χ1n) is 6.57. The Balaban J connectivity index is 2.52. The van der Waals surface area contributed by atoms with Gasteiger partial charge < -0.3 is 20.1 Å². The van der Waals surface area contributed by atoms with E-state index in [1.165, 1.54) is 7.11 Å². The fraction of sp³-hybridized carbons (Fsp3) is 0.333. The van der Waals surface area contributed by atoms with Crippen molar-refractivity contribution in [1.29, 1.82) is 0 Å². The van der Waals surface area contributed by atoms with Crippen LogP contribution in [0.1, 0.15) is 11.3 Å². The lowest BCUT2D eigenvalue weighted by Gasteiger charge is -2.09. The molecule has 2 aromatic rings. The summed E-state index contributed by atoms with van der Waals surface area (Å²) in [5, 5.41) is 9.90. The standard InChI is InChI=1S/C15H18N2O4/c1-9-11(7-12(16)15(19)20)10-5-3-4-6-13(10)17(9)8-14(18)21-2/h3-6,12H,7-8,16H2,1-2H3,(H,19,20). The molecule has 112 valence electrons. The lowest BCUT2D eigenvalue weighted by Crippen LogP contribution is -2.32. The van der Waals surface area contributed by atoms with Gasteiger partial charge in [-0.25, -0.2) is 0 Å². The van der Waals surface area contributed by atoms with Crippen LogP contribution < -0.4 is 5.73 Å². The molecule has 0 saturated carbocycles. The second-order valence-corrected chi connectivity index (χ2v) is 4.89. The fourth-order valence-corrected chi connectivity index (χ4v) is 2.46. The van der Waals surface area contributed by atoms with Gasteiger partial charge in [-0.3, -0.25) is 9.59 Å². The number of hydrogen-bond acceptors (Lipinski definition) is 4. The van der Waals surface area contributed by atoms with Crippen LogP contribution in [0, 0.1) is 6.92 Å². The number of carboxylic acids is 1. The number of hydrogen-bond donors (Lipinski definition) is 2. The van der Waals surface area contributed by atoms with Gasteiger partial charge in [-0.1, -0.05) is 18.2 Å². The van der Waals surface area contributed by atoms with Crippen LogP contribution in [-0.4, -0.2) is 34.8 Å². The Labute approximate surface area is 122 Å². The molecule has 1 atom stereocenters. The smallest absolute Gasteiger partial charge is 0.325 e. The third-order valence-electron chi connectivity index (χ3n) is 3.62. The molecule has 2 rings (SSSR count). The predicted molar refractivity (Wildman–Crippen MR) is 78.0 cm³/mol. The van der Waals surface area contributed by atoms with Gasteiger partial charge in [0.05, 0.1) is 7.11 Å². The summed E-state index contributed by atoms with van der Waals surface area (Å²) in [6.45, 7) is 1.94. The summed E-state index contributed by atoms with van der Waals surface area (Å²) >= 11 is 0. The van der Waals surface area contributed by atoms with Gasteiger partial charge in [-0.15, -0.1) is 0 Å². The molecule has 1 unspecified atom stereocenters. The van der Waals surface area contributed by atoms with Crippen LogP contribution in [0.4, 0.5) is 0 Å². The van der Waals surface area contributed by atoms with Gasteiger partial charge in [0.2, 0.25) is 0 Å². The van der Waals surface area contributed by atoms with Crippen molar-refractivity contribution in [3.8, 4) is 0 Å². The molecule has 0 spiro atoms. The number of carboxylic acid groups (broad SMARTS) is 1. The van der Waals surface area contributed by atoms with Gasteiger partial charge in [0.25, 0.3) is 0 Å². The topological polar surface area (TPSA) is 94.5 Å². The maximum Gasteiger partial charge on any atom is 0.325 e. The summed E-state index contributed by atoms with van der Waals surface area (Å²) in [4.78, 5) is 22.5. The maximum atomic E-state index is 11.6. The molecule has 0 fully saturated rings. The van der Waals surface area contributed by atoms with E-state index in [1.807, 2.05) is 35.8 Å². The molecule has 0 aliphatic heterocycles. The Hall–Kier alpha value is -2.34. The van der Waals surface area contributed by atoms with Gasteiger partial charge in [0.1, 0.15) is 12.6 Å². The molecule has 0 bridgehead atoms. The number of ether oxygens (including phenoxy) is 1. The molecule has 21 heavy (non-hydrogen) atoms. The molecule has 6 nitrogen and oxygen atoms in total. The number of fused-ring (bicyclic) bond motifs is 1. The number of carbonyl (C=O) groups is 2. The highest BCUT2D eigenvalue weighted by Gasteiger charge is 2.20. The summed E-state index contributed by atoms with van der Waals surface area (Å²) in [5.74, 6) is -1.40. The van der Waals surface area contributed by atoms with Crippen molar-refractivity contribution in [3.05, 3.63) is 35.5 Å². The molecule has 0 saturated heterocycles. The van der Waals surface area contributed by atoms with Crippen LogP contribution in [0.2, 0.25) is 0 Å². The number of rotatable bonds is 5. The Kier molecular flexibility index (Phi) is 4.28. The van der Waals surface area contributed by atoms with E-state index in [9.17, 15) is 9.59 Å². The van der Waals surface area contributed by atoms with E-state index < -0.39 is 12.0 Å². The van der Waals surface area contributed by atoms with E-state index in [0.717, 1.165) is 22.2 Å². The zero-order valence-corrected chi connectivity index (χ0v) is 12.0. The number of aliphatic carboxylic acids is 1. The highest BCUT2D eigenvalue weighted by molar-refractivity contribution is 5.87. The molecule has 0 radical (unpaired) electrons. The number of esters is 1. The number of nitrogens with two attached hydrogens (primary N) is 1. The van der Waals surface area contributed by atoms with E-state index in [0.29, 0.717) is 0 Å². The van der Waals surface area contributed by atoms with E-state index in [-0.39, 0.29) is 18.9 Å². The minimum atomic E-state index is -1.04. The summed E-state index contributed by atoms with van der Waals surface area (Å²) in [7, 11) is 1.34. The number of benzene rings is 1. The molecule has 0 aliphatic carbocycles. The minimum Gasteiger partial charge on any atom is -0.480 e. The van der Waals surface area contributed by atoms with Gasteiger partial charge >= 0.3 is 11.9 Å². The summed E-state index contributed by atoms with van der Waals surface area (Å²) in [6.07, 6.45) is 0.218. The fourth-order valence-electron chi connectivity index (χ4n) is 2.46. The molecule has 0 aliphatic rings. The van der Waals surface area contributed by atoms with Crippen molar-refractivity contribution in [2.24, 2.45) is 5.73 Å². The average molecular weight is 290 g/mol. The normalized spacial score (nSPS) is 12.3. The lowest BCUT2D eigenvalue weighted by atomic mass is 10.0. The molecule has 1 aromatic heterocycles. The van der Waals surface area contributed by atoms with Crippen molar-refractivity contribution in [1.82, 2.24) is 4.57 Å². The highest BCUT2D eigenvalue weighted by atomic mass is 16.5. The Morgan fingerprint density at radius 1 is 1.38 bits per heavy atom. The van der Waals surface area contributed by atoms with E-state index in [2.05, 4.69) is 0 Å². The Bertz CT molecular complexity index is 690. The van der Waals surface area contributed by atoms with Gasteiger partial charge in [-0.05, 0) is 18.6 Å². The van der Waals surface area contributed by atoms with Crippen LogP contribution in [0.3, 0.4) is 0 Å². The van der Waals surface area contributed by atoms with Crippen molar-refractivity contribution in [3.63, 3.8) is 0 Å². The number of methoxy groups -OCH3 is 1. The molecular formula is C15H18N2O4. The zero-order chi connectivity index (χ0) is 15.6. The molecule has 1 aromatic carbocycles. The number of aromatic nitrogens is 1. The average Bonchev–Trinajstić information content (AvgIpc) is 2.72. The van der Waals surface area contributed by atoms with Crippen LogP contribution in [0.15, 0.2) is 24.3 Å². The van der Waals surface area contributed by atoms with Crippen LogP contribution >= 0.6 is 0 Å². The van der Waals surface area contributed by atoms with Crippen molar-refractivity contribution >= 4 is 22.8 Å². The van der Waals surface area contributed by atoms with Crippen LogP contribution in [0.25, 0.3) is 10.9 Å². The van der Waals surface area contributed by atoms with Crippen molar-refractivity contribution in [2.75, 3.05) is 7.11 Å². The first-order chi connectivity index (χ1) is 9.95. The Morgan fingerprint density at radius 3 is 2.67 bits per heavy atom. The molecule has 6 heteroatoms. The van der Waals surface area contributed by atoms with Crippen LogP contribution in [-0.2, 0) is 27.3 Å². The largest absolute Gasteiger partial charge is 0.480 e. The monoisotopic (exact) mass is 290 g/mol. The minimum absolute atomic E-state index is 0.0884. The third-order valence-corrected chi connectivity index (χ3v) is 3.62. The van der Waals surface area contributed by atoms with Crippen molar-refractivity contribution < 1.29 is 19.4 Å². The first-order valence-corrected chi connectivity index (χ1v) is 6.57. The van der Waals surface area contributed by atoms with E-state index in [1.54, 1.807) is 0 Å². The second-order valence-electron chi connectivity index (χ2n) is 4.89. The number of carbonyl (C=O) groups excluding carboxylic acids is 1. The molecular weight excluding hydrogens is 272 g/mol. The van der Waals surface area contributed by atoms with Gasteiger partial charge in [0.15, 0.2) is 0 Å². The highest BCUT2D eigenvalue weighted by Crippen LogP contribution is 2.26. The predicted octanol–water partition coefficient (Wildman–Crippen LogP) is 1.08. The lowest BCUT2D eigenvalue weighted by molar-refractivity contribution is -0.141. The molecule has 3 N–H and O–H groups in total. The number of para-hydroxylation sites is 1. The zero-order valence-electron chi connectivity index (χ0n) is 12.0. The quantitative estimate of drug-likeness (QED) is 0.803. The van der Waals surface area contributed by atoms with Crippen molar-refractivity contribution in [2.45, 2.75) is 25.9 Å². The van der Waals surface area contributed by atoms with Gasteiger partial charge in [-0.2, -0.15) is 0 Å². The third kappa shape index (κ3) is 2.90. The van der Waals surface area contributed by atoms with E-state index >= 15 is 0 Å². The van der Waals surface area contributed by atoms with Crippen LogP contribution in [0.5, 0.6) is 0 Å². The SMILES string of the molecule is COC(=O)Cn1c(C)c(CC(N)C(=O)O)c2ccccc21. The second kappa shape index (κ2) is 5.97. The summed E-state index contributed by atoms with van der Waals surface area (Å²) < 4.78 is 6.53. The van der Waals surface area contributed by atoms with E-state index in [4.69, 9.17) is 15.6 Å². The maximum absolute atomic E-state index is 11.6. The number of nitrogens with zero attached hydrogens (tertiary/aromatic N) is 1. The first kappa shape index (κ1) is 15.1. The Morgan fingerprint density at radius 2 is 2.05 bits per heavy atom. The molecule has 1 heterocycles. The van der Waals surface area contributed by atoms with Gasteiger partial charge in [0, 0.05) is 23.0 Å². The summed E-state index contributed by atoms with van der Waals surface area (Å²) in [5.41, 5.74) is 8.20. The summed E-state index contributed by atoms with van der Waals surface area (Å²) in [6, 6.07) is 6.57. The molecule has 0 amide bonds.